The van der Waals surface area contributed by atoms with Gasteiger partial charge in [-0.05, 0) is 47.9 Å². The SMILES string of the molecule is COc1cnccc1C(=O)N1CCc2c(COCC3CC3)cncc2C1. The van der Waals surface area contributed by atoms with Crippen LogP contribution in [0.4, 0.5) is 0 Å². The first-order valence-corrected chi connectivity index (χ1v) is 9.06. The van der Waals surface area contributed by atoms with Crippen LogP contribution in [0.5, 0.6) is 5.75 Å². The van der Waals surface area contributed by atoms with Gasteiger partial charge in [0.05, 0.1) is 25.5 Å². The lowest BCUT2D eigenvalue weighted by atomic mass is 9.97. The third kappa shape index (κ3) is 3.55. The first kappa shape index (κ1) is 17.0. The molecule has 1 aliphatic carbocycles. The first-order valence-electron chi connectivity index (χ1n) is 9.06. The minimum atomic E-state index is -0.0368. The molecule has 26 heavy (non-hydrogen) atoms. The van der Waals surface area contributed by atoms with E-state index in [1.165, 1.54) is 18.4 Å². The lowest BCUT2D eigenvalue weighted by Crippen LogP contribution is -2.36. The molecule has 2 aromatic rings. The van der Waals surface area contributed by atoms with Gasteiger partial charge in [-0.1, -0.05) is 0 Å². The maximum atomic E-state index is 12.9. The van der Waals surface area contributed by atoms with Gasteiger partial charge in [0.25, 0.3) is 5.91 Å². The van der Waals surface area contributed by atoms with E-state index in [1.54, 1.807) is 25.6 Å². The monoisotopic (exact) mass is 353 g/mol. The quantitative estimate of drug-likeness (QED) is 0.799. The first-order chi connectivity index (χ1) is 12.8. The molecule has 4 rings (SSSR count). The van der Waals surface area contributed by atoms with Gasteiger partial charge in [-0.15, -0.1) is 0 Å². The summed E-state index contributed by atoms with van der Waals surface area (Å²) in [4.78, 5) is 23.1. The van der Waals surface area contributed by atoms with Crippen molar-refractivity contribution in [1.29, 1.82) is 0 Å². The van der Waals surface area contributed by atoms with Gasteiger partial charge < -0.3 is 14.4 Å². The molecule has 1 saturated carbocycles. The van der Waals surface area contributed by atoms with Gasteiger partial charge in [-0.2, -0.15) is 0 Å². The van der Waals surface area contributed by atoms with E-state index >= 15 is 0 Å². The van der Waals surface area contributed by atoms with Gasteiger partial charge in [-0.25, -0.2) is 0 Å². The summed E-state index contributed by atoms with van der Waals surface area (Å²) in [5.74, 6) is 1.22. The zero-order valence-corrected chi connectivity index (χ0v) is 15.0. The maximum Gasteiger partial charge on any atom is 0.258 e. The van der Waals surface area contributed by atoms with Crippen molar-refractivity contribution in [2.24, 2.45) is 5.92 Å². The van der Waals surface area contributed by atoms with Crippen LogP contribution in [0, 0.1) is 5.92 Å². The van der Waals surface area contributed by atoms with Crippen molar-refractivity contribution in [1.82, 2.24) is 14.9 Å². The maximum absolute atomic E-state index is 12.9. The Kier molecular flexibility index (Phi) is 4.84. The summed E-state index contributed by atoms with van der Waals surface area (Å²) in [7, 11) is 1.55. The standard InChI is InChI=1S/C20H23N3O3/c1-25-19-10-21-6-4-18(19)20(24)23-7-5-17-15(11-23)8-22-9-16(17)13-26-12-14-2-3-14/h4,6,8-10,14H,2-3,5,7,11-13H2,1H3. The van der Waals surface area contributed by atoms with Gasteiger partial charge in [0, 0.05) is 38.3 Å². The highest BCUT2D eigenvalue weighted by Crippen LogP contribution is 2.30. The molecule has 1 aliphatic heterocycles. The van der Waals surface area contributed by atoms with Crippen molar-refractivity contribution in [2.75, 3.05) is 20.3 Å². The molecular weight excluding hydrogens is 330 g/mol. The van der Waals surface area contributed by atoms with Crippen molar-refractivity contribution in [3.05, 3.63) is 53.1 Å². The number of amides is 1. The van der Waals surface area contributed by atoms with E-state index in [2.05, 4.69) is 9.97 Å². The van der Waals surface area contributed by atoms with Crippen LogP contribution < -0.4 is 4.74 Å². The highest BCUT2D eigenvalue weighted by molar-refractivity contribution is 5.96. The van der Waals surface area contributed by atoms with Gasteiger partial charge in [0.2, 0.25) is 0 Å². The van der Waals surface area contributed by atoms with E-state index in [1.807, 2.05) is 17.3 Å². The van der Waals surface area contributed by atoms with Crippen LogP contribution in [-0.4, -0.2) is 41.0 Å². The van der Waals surface area contributed by atoms with Crippen LogP contribution >= 0.6 is 0 Å². The molecule has 0 aromatic carbocycles. The molecular formula is C20H23N3O3. The molecule has 0 atom stereocenters. The number of hydrogen-bond donors (Lipinski definition) is 0. The number of carbonyl (C=O) groups excluding carboxylic acids is 1. The van der Waals surface area contributed by atoms with Crippen molar-refractivity contribution in [3.8, 4) is 5.75 Å². The van der Waals surface area contributed by atoms with Crippen LogP contribution in [0.2, 0.25) is 0 Å². The minimum absolute atomic E-state index is 0.0368. The van der Waals surface area contributed by atoms with Gasteiger partial charge >= 0.3 is 0 Å². The number of fused-ring (bicyclic) bond motifs is 1. The van der Waals surface area contributed by atoms with Crippen LogP contribution in [0.15, 0.2) is 30.9 Å². The number of hydrogen-bond acceptors (Lipinski definition) is 5. The topological polar surface area (TPSA) is 64.5 Å². The average Bonchev–Trinajstić information content (AvgIpc) is 3.51. The average molecular weight is 353 g/mol. The zero-order chi connectivity index (χ0) is 17.9. The highest BCUT2D eigenvalue weighted by atomic mass is 16.5. The summed E-state index contributed by atoms with van der Waals surface area (Å²) in [5, 5.41) is 0. The molecule has 0 spiro atoms. The lowest BCUT2D eigenvalue weighted by molar-refractivity contribution is 0.0728. The molecule has 0 saturated heterocycles. The molecule has 136 valence electrons. The zero-order valence-electron chi connectivity index (χ0n) is 15.0. The number of nitrogens with zero attached hydrogens (tertiary/aromatic N) is 3. The molecule has 6 heteroatoms. The Morgan fingerprint density at radius 1 is 1.27 bits per heavy atom. The van der Waals surface area contributed by atoms with E-state index < -0.39 is 0 Å². The Hall–Kier alpha value is -2.47. The fourth-order valence-electron chi connectivity index (χ4n) is 3.38. The molecule has 0 unspecified atom stereocenters. The van der Waals surface area contributed by atoms with Crippen molar-refractivity contribution in [2.45, 2.75) is 32.4 Å². The van der Waals surface area contributed by atoms with Crippen LogP contribution in [0.3, 0.4) is 0 Å². The van der Waals surface area contributed by atoms with Gasteiger partial charge in [0.15, 0.2) is 0 Å². The fourth-order valence-corrected chi connectivity index (χ4v) is 3.38. The molecule has 6 nitrogen and oxygen atoms in total. The number of ether oxygens (including phenoxy) is 2. The molecule has 0 radical (unpaired) electrons. The second-order valence-electron chi connectivity index (χ2n) is 6.95. The van der Waals surface area contributed by atoms with E-state index in [-0.39, 0.29) is 5.91 Å². The summed E-state index contributed by atoms with van der Waals surface area (Å²) in [6.07, 6.45) is 10.4. The Bertz CT molecular complexity index is 805. The van der Waals surface area contributed by atoms with E-state index in [9.17, 15) is 4.79 Å². The normalized spacial score (nSPS) is 16.3. The predicted octanol–water partition coefficient (Wildman–Crippen LogP) is 2.61. The predicted molar refractivity (Wildman–Crippen MR) is 95.9 cm³/mol. The molecule has 0 N–H and O–H groups in total. The molecule has 1 amide bonds. The summed E-state index contributed by atoms with van der Waals surface area (Å²) in [5.41, 5.74) is 4.08. The van der Waals surface area contributed by atoms with Crippen LogP contribution in [0.1, 0.15) is 39.9 Å². The molecule has 2 aliphatic rings. The lowest BCUT2D eigenvalue weighted by Gasteiger charge is -2.30. The largest absolute Gasteiger partial charge is 0.494 e. The van der Waals surface area contributed by atoms with Gasteiger partial charge in [0.1, 0.15) is 5.75 Å². The minimum Gasteiger partial charge on any atom is -0.494 e. The summed E-state index contributed by atoms with van der Waals surface area (Å²) in [6, 6.07) is 1.71. The van der Waals surface area contributed by atoms with Crippen molar-refractivity contribution >= 4 is 5.91 Å². The molecule has 2 aromatic heterocycles. The Labute approximate surface area is 153 Å². The van der Waals surface area contributed by atoms with Gasteiger partial charge in [-0.3, -0.25) is 14.8 Å². The Morgan fingerprint density at radius 2 is 2.15 bits per heavy atom. The molecule has 0 bridgehead atoms. The fraction of sp³-hybridized carbons (Fsp3) is 0.450. The number of pyridine rings is 2. The number of methoxy groups -OCH3 is 1. The second-order valence-corrected chi connectivity index (χ2v) is 6.95. The van der Waals surface area contributed by atoms with E-state index in [0.29, 0.717) is 31.0 Å². The third-order valence-electron chi connectivity index (χ3n) is 5.06. The Balaban J connectivity index is 1.48. The van der Waals surface area contributed by atoms with Crippen LogP contribution in [-0.2, 0) is 24.3 Å². The van der Waals surface area contributed by atoms with Crippen molar-refractivity contribution in [3.63, 3.8) is 0 Å². The summed E-state index contributed by atoms with van der Waals surface area (Å²) in [6.45, 7) is 2.69. The summed E-state index contributed by atoms with van der Waals surface area (Å²) >= 11 is 0. The third-order valence-corrected chi connectivity index (χ3v) is 5.06. The number of rotatable bonds is 6. The van der Waals surface area contributed by atoms with Crippen LogP contribution in [0.25, 0.3) is 0 Å². The molecule has 1 fully saturated rings. The smallest absolute Gasteiger partial charge is 0.258 e. The van der Waals surface area contributed by atoms with Crippen molar-refractivity contribution < 1.29 is 14.3 Å². The Morgan fingerprint density at radius 3 is 2.96 bits per heavy atom. The second kappa shape index (κ2) is 7.41. The highest BCUT2D eigenvalue weighted by Gasteiger charge is 2.26. The van der Waals surface area contributed by atoms with E-state index in [4.69, 9.17) is 9.47 Å². The summed E-state index contributed by atoms with van der Waals surface area (Å²) < 4.78 is 11.1. The van der Waals surface area contributed by atoms with E-state index in [0.717, 1.165) is 30.1 Å². The molecule has 3 heterocycles. The number of aromatic nitrogens is 2. The number of carbonyl (C=O) groups is 1.